The van der Waals surface area contributed by atoms with E-state index in [1.165, 1.54) is 70.6 Å². The summed E-state index contributed by atoms with van der Waals surface area (Å²) in [5.74, 6) is -0.338. The summed E-state index contributed by atoms with van der Waals surface area (Å²) < 4.78 is 2.26. The van der Waals surface area contributed by atoms with Crippen LogP contribution in [0.5, 0.6) is 0 Å². The number of nitrogens with two attached hydrogens (primary N) is 1. The smallest absolute Gasteiger partial charge is 0.305 e. The van der Waals surface area contributed by atoms with E-state index in [2.05, 4.69) is 28.9 Å². The second-order valence-corrected chi connectivity index (χ2v) is 10.5. The Bertz CT molecular complexity index is 1180. The number of unbranched alkanes of at least 4 members (excludes halogenated alkanes) is 11. The van der Waals surface area contributed by atoms with Crippen LogP contribution >= 0.6 is 34.0 Å². The van der Waals surface area contributed by atoms with Gasteiger partial charge in [-0.1, -0.05) is 102 Å². The first-order valence-electron chi connectivity index (χ1n) is 14.8. The summed E-state index contributed by atoms with van der Waals surface area (Å²) in [5, 5.41) is 11.5. The third-order valence-electron chi connectivity index (χ3n) is 7.32. The highest BCUT2D eigenvalue weighted by atomic mass is 79.9. The van der Waals surface area contributed by atoms with E-state index >= 15 is 0 Å². The van der Waals surface area contributed by atoms with Crippen LogP contribution in [-0.2, 0) is 17.9 Å². The third-order valence-corrected chi connectivity index (χ3v) is 7.32. The zero-order valence-electron chi connectivity index (χ0n) is 24.4. The van der Waals surface area contributed by atoms with E-state index in [0.717, 1.165) is 41.0 Å². The summed E-state index contributed by atoms with van der Waals surface area (Å²) in [6.45, 7) is 3.72. The van der Waals surface area contributed by atoms with Crippen LogP contribution in [0, 0.1) is 0 Å². The predicted octanol–water partition coefficient (Wildman–Crippen LogP) is 8.22. The first kappa shape index (κ1) is 36.8. The lowest BCUT2D eigenvalue weighted by molar-refractivity contribution is -0.136. The van der Waals surface area contributed by atoms with Crippen LogP contribution in [0.3, 0.4) is 0 Å². The molecule has 1 aromatic heterocycles. The van der Waals surface area contributed by atoms with Gasteiger partial charge in [-0.3, -0.25) is 9.59 Å². The average Bonchev–Trinajstić information content (AvgIpc) is 3.31. The molecular weight excluding hydrogens is 648 g/mol. The zero-order valence-corrected chi connectivity index (χ0v) is 27.8. The minimum atomic E-state index is -0.937. The molecule has 0 aliphatic rings. The molecule has 0 atom stereocenters. The monoisotopic (exact) mass is 694 g/mol. The van der Waals surface area contributed by atoms with E-state index in [1.54, 1.807) is 12.1 Å². The second kappa shape index (κ2) is 20.6. The molecule has 1 amide bonds. The van der Waals surface area contributed by atoms with Crippen molar-refractivity contribution in [1.82, 2.24) is 14.9 Å². The van der Waals surface area contributed by atoms with E-state index in [9.17, 15) is 9.59 Å². The van der Waals surface area contributed by atoms with E-state index < -0.39 is 5.97 Å². The molecule has 0 saturated carbocycles. The topological polar surface area (TPSA) is 110 Å². The van der Waals surface area contributed by atoms with Gasteiger partial charge in [0.2, 0.25) is 0 Å². The fourth-order valence-electron chi connectivity index (χ4n) is 5.00. The number of aryl methyl sites for hydroxylation is 1. The molecular formula is C32H48Br2N4O3. The van der Waals surface area contributed by atoms with Gasteiger partial charge in [0.25, 0.3) is 5.91 Å². The highest BCUT2D eigenvalue weighted by Gasteiger charge is 2.15. The summed E-state index contributed by atoms with van der Waals surface area (Å²) in [5.41, 5.74) is 10.1. The van der Waals surface area contributed by atoms with E-state index in [1.807, 2.05) is 18.2 Å². The third kappa shape index (κ3) is 12.3. The molecule has 0 spiro atoms. The molecule has 1 heterocycles. The van der Waals surface area contributed by atoms with Crippen molar-refractivity contribution < 1.29 is 14.7 Å². The number of amides is 1. The quantitative estimate of drug-likeness (QED) is 0.110. The maximum Gasteiger partial charge on any atom is 0.305 e. The highest BCUT2D eigenvalue weighted by molar-refractivity contribution is 8.93. The van der Waals surface area contributed by atoms with Gasteiger partial charge in [-0.05, 0) is 30.2 Å². The van der Waals surface area contributed by atoms with Crippen molar-refractivity contribution in [3.63, 3.8) is 0 Å². The molecule has 3 rings (SSSR count). The predicted molar refractivity (Wildman–Crippen MR) is 179 cm³/mol. The molecule has 4 N–H and O–H groups in total. The van der Waals surface area contributed by atoms with Gasteiger partial charge in [0.1, 0.15) is 5.82 Å². The van der Waals surface area contributed by atoms with Gasteiger partial charge in [0, 0.05) is 30.8 Å². The van der Waals surface area contributed by atoms with Crippen LogP contribution < -0.4 is 11.1 Å². The molecule has 41 heavy (non-hydrogen) atoms. The van der Waals surface area contributed by atoms with Crippen molar-refractivity contribution in [2.24, 2.45) is 5.73 Å². The Labute approximate surface area is 266 Å². The molecule has 0 unspecified atom stereocenters. The Hall–Kier alpha value is -2.23. The number of carbonyl (C=O) groups excluding carboxylic acids is 1. The van der Waals surface area contributed by atoms with Gasteiger partial charge in [-0.15, -0.1) is 34.0 Å². The molecule has 0 aliphatic carbocycles. The van der Waals surface area contributed by atoms with E-state index in [4.69, 9.17) is 15.8 Å². The van der Waals surface area contributed by atoms with Crippen molar-refractivity contribution in [3.05, 3.63) is 53.6 Å². The molecule has 0 fully saturated rings. The Morgan fingerprint density at radius 3 is 2.00 bits per heavy atom. The summed E-state index contributed by atoms with van der Waals surface area (Å²) in [6, 6.07) is 13.7. The second-order valence-electron chi connectivity index (χ2n) is 10.5. The maximum atomic E-state index is 12.5. The van der Waals surface area contributed by atoms with Crippen LogP contribution in [-0.4, -0.2) is 33.1 Å². The normalized spacial score (nSPS) is 10.7. The SMILES string of the molecule is Br.Br.CCCCCCCCCCCCCCn1c(-c2ccc(CN)cc2)nc2cc(C(=O)NCCC(=O)O)ccc21. The Kier molecular flexibility index (Phi) is 18.5. The number of aromatic nitrogens is 2. The number of aliphatic carboxylic acids is 1. The number of hydrogen-bond acceptors (Lipinski definition) is 4. The number of carbonyl (C=O) groups is 2. The lowest BCUT2D eigenvalue weighted by Crippen LogP contribution is -2.25. The van der Waals surface area contributed by atoms with Crippen molar-refractivity contribution in [2.45, 2.75) is 103 Å². The molecule has 0 radical (unpaired) electrons. The average molecular weight is 697 g/mol. The minimum Gasteiger partial charge on any atom is -0.481 e. The minimum absolute atomic E-state index is 0. The van der Waals surface area contributed by atoms with Crippen LogP contribution in [0.15, 0.2) is 42.5 Å². The molecule has 0 aliphatic heterocycles. The number of benzene rings is 2. The number of nitrogens with zero attached hydrogens (tertiary/aromatic N) is 2. The van der Waals surface area contributed by atoms with Crippen molar-refractivity contribution in [1.29, 1.82) is 0 Å². The van der Waals surface area contributed by atoms with Gasteiger partial charge in [0.15, 0.2) is 0 Å². The Morgan fingerprint density at radius 2 is 1.44 bits per heavy atom. The van der Waals surface area contributed by atoms with Gasteiger partial charge in [-0.2, -0.15) is 0 Å². The molecule has 0 bridgehead atoms. The summed E-state index contributed by atoms with van der Waals surface area (Å²) in [6.07, 6.45) is 15.6. The Morgan fingerprint density at radius 1 is 0.854 bits per heavy atom. The van der Waals surface area contributed by atoms with Gasteiger partial charge in [-0.25, -0.2) is 4.98 Å². The van der Waals surface area contributed by atoms with Gasteiger partial charge >= 0.3 is 5.97 Å². The van der Waals surface area contributed by atoms with Crippen LogP contribution in [0.2, 0.25) is 0 Å². The number of nitrogens with one attached hydrogen (secondary N) is 1. The zero-order chi connectivity index (χ0) is 27.9. The number of rotatable bonds is 19. The van der Waals surface area contributed by atoms with E-state index in [-0.39, 0.29) is 52.8 Å². The molecule has 9 heteroatoms. The van der Waals surface area contributed by atoms with Crippen LogP contribution in [0.1, 0.15) is 106 Å². The number of fused-ring (bicyclic) bond motifs is 1. The van der Waals surface area contributed by atoms with Crippen molar-refractivity contribution >= 4 is 56.9 Å². The molecule has 2 aromatic carbocycles. The number of halogens is 2. The van der Waals surface area contributed by atoms with E-state index in [0.29, 0.717) is 12.1 Å². The van der Waals surface area contributed by atoms with Gasteiger partial charge < -0.3 is 20.7 Å². The number of carboxylic acids is 1. The standard InChI is InChI=1S/C32H46N4O3.2BrH/c1-2-3-4-5-6-7-8-9-10-11-12-13-22-36-29-19-18-27(32(39)34-21-20-30(37)38)23-28(29)35-31(36)26-16-14-25(24-33)15-17-26;;/h14-19,23H,2-13,20-22,24,33H2,1H3,(H,34,39)(H,37,38);2*1H. The highest BCUT2D eigenvalue weighted by Crippen LogP contribution is 2.27. The lowest BCUT2D eigenvalue weighted by atomic mass is 10.1. The number of hydrogen-bond donors (Lipinski definition) is 3. The van der Waals surface area contributed by atoms with Crippen LogP contribution in [0.25, 0.3) is 22.4 Å². The fourth-order valence-corrected chi connectivity index (χ4v) is 5.00. The number of imidazole rings is 1. The van der Waals surface area contributed by atoms with Gasteiger partial charge in [0.05, 0.1) is 17.5 Å². The molecule has 3 aromatic rings. The first-order chi connectivity index (χ1) is 19.0. The molecule has 0 saturated heterocycles. The molecule has 228 valence electrons. The van der Waals surface area contributed by atoms with Crippen LogP contribution in [0.4, 0.5) is 0 Å². The van der Waals surface area contributed by atoms with Crippen molar-refractivity contribution in [3.8, 4) is 11.4 Å². The fraction of sp³-hybridized carbons (Fsp3) is 0.531. The largest absolute Gasteiger partial charge is 0.481 e. The Balaban J connectivity index is 0.00000420. The van der Waals surface area contributed by atoms with Crippen molar-refractivity contribution in [2.75, 3.05) is 6.54 Å². The summed E-state index contributed by atoms with van der Waals surface area (Å²) in [4.78, 5) is 28.2. The first-order valence-corrected chi connectivity index (χ1v) is 14.8. The summed E-state index contributed by atoms with van der Waals surface area (Å²) >= 11 is 0. The maximum absolute atomic E-state index is 12.5. The lowest BCUT2D eigenvalue weighted by Gasteiger charge is -2.10. The molecule has 7 nitrogen and oxygen atoms in total. The summed E-state index contributed by atoms with van der Waals surface area (Å²) in [7, 11) is 0. The number of carboxylic acid groups (broad SMARTS) is 1.